The van der Waals surface area contributed by atoms with Gasteiger partial charge in [-0.25, -0.2) is 0 Å². The maximum Gasteiger partial charge on any atom is 0.157 e. The van der Waals surface area contributed by atoms with Gasteiger partial charge in [0.05, 0.1) is 106 Å². The average Bonchev–Trinajstić information content (AvgIpc) is 2.87. The van der Waals surface area contributed by atoms with Gasteiger partial charge in [-0.3, -0.25) is 0 Å². The van der Waals surface area contributed by atoms with Gasteiger partial charge >= 0.3 is 0 Å². The molecule has 0 bridgehead atoms. The molecule has 0 spiro atoms. The molecule has 0 amide bonds. The van der Waals surface area contributed by atoms with E-state index >= 15 is 0 Å². The lowest BCUT2D eigenvalue weighted by atomic mass is 10.2. The molecule has 0 aliphatic carbocycles. The smallest absolute Gasteiger partial charge is 0.157 e. The number of hydrogen-bond acceptors (Lipinski definition) is 10. The second kappa shape index (κ2) is 26.8. The number of ether oxygens (including phenoxy) is 10. The minimum atomic E-state index is -0.0602. The number of hydrogen-bond donors (Lipinski definition) is 0. The van der Waals surface area contributed by atoms with E-state index in [1.54, 1.807) is 0 Å². The summed E-state index contributed by atoms with van der Waals surface area (Å²) in [5.41, 5.74) is 0. The highest BCUT2D eigenvalue weighted by atomic mass is 16.7. The molecule has 1 rings (SSSR count). The first kappa shape index (κ1) is 31.2. The topological polar surface area (TPSA) is 92.3 Å². The number of rotatable bonds is 26. The van der Waals surface area contributed by atoms with Gasteiger partial charge in [0.15, 0.2) is 6.29 Å². The molecule has 1 aliphatic rings. The van der Waals surface area contributed by atoms with Gasteiger partial charge in [0, 0.05) is 6.61 Å². The number of terminal acetylenes is 1. The van der Waals surface area contributed by atoms with Gasteiger partial charge in [-0.05, 0) is 19.3 Å². The molecule has 0 aromatic rings. The highest BCUT2D eigenvalue weighted by Gasteiger charge is 2.13. The zero-order chi connectivity index (χ0) is 24.2. The minimum Gasteiger partial charge on any atom is -0.377 e. The molecule has 0 N–H and O–H groups in total. The van der Waals surface area contributed by atoms with Crippen molar-refractivity contribution < 1.29 is 47.4 Å². The Balaban J connectivity index is 1.62. The van der Waals surface area contributed by atoms with Gasteiger partial charge in [-0.15, -0.1) is 6.42 Å². The van der Waals surface area contributed by atoms with E-state index in [2.05, 4.69) is 5.92 Å². The largest absolute Gasteiger partial charge is 0.377 e. The predicted molar refractivity (Wildman–Crippen MR) is 125 cm³/mol. The van der Waals surface area contributed by atoms with E-state index in [9.17, 15) is 0 Å². The molecule has 1 atom stereocenters. The van der Waals surface area contributed by atoms with E-state index in [-0.39, 0.29) is 6.29 Å². The predicted octanol–water partition coefficient (Wildman–Crippen LogP) is 1.30. The molecule has 0 aromatic carbocycles. The molecule has 10 heteroatoms. The molecule has 1 unspecified atom stereocenters. The zero-order valence-electron chi connectivity index (χ0n) is 20.6. The summed E-state index contributed by atoms with van der Waals surface area (Å²) >= 11 is 0. The van der Waals surface area contributed by atoms with Gasteiger partial charge in [0.25, 0.3) is 0 Å². The average molecular weight is 493 g/mol. The Kier molecular flexibility index (Phi) is 24.5. The van der Waals surface area contributed by atoms with Crippen LogP contribution in [0.1, 0.15) is 19.3 Å². The summed E-state index contributed by atoms with van der Waals surface area (Å²) in [6, 6.07) is 0. The summed E-state index contributed by atoms with van der Waals surface area (Å²) < 4.78 is 54.1. The van der Waals surface area contributed by atoms with E-state index in [1.165, 1.54) is 6.42 Å². The van der Waals surface area contributed by atoms with Crippen LogP contribution in [-0.2, 0) is 47.4 Å². The second-order valence-electron chi connectivity index (χ2n) is 7.21. The lowest BCUT2D eigenvalue weighted by Gasteiger charge is -2.22. The van der Waals surface area contributed by atoms with Crippen molar-refractivity contribution in [1.29, 1.82) is 0 Å². The molecular formula is C24H44O10. The maximum absolute atomic E-state index is 5.59. The Morgan fingerprint density at radius 2 is 0.912 bits per heavy atom. The normalized spacial score (nSPS) is 16.0. The molecule has 1 saturated heterocycles. The van der Waals surface area contributed by atoms with E-state index in [4.69, 9.17) is 53.8 Å². The Morgan fingerprint density at radius 3 is 1.26 bits per heavy atom. The van der Waals surface area contributed by atoms with Crippen molar-refractivity contribution in [3.63, 3.8) is 0 Å². The fraction of sp³-hybridized carbons (Fsp3) is 0.917. The quantitative estimate of drug-likeness (QED) is 0.130. The monoisotopic (exact) mass is 492 g/mol. The standard InChI is InChI=1S/C24H44O10/c1-2-6-25-8-9-26-10-11-27-12-13-28-14-15-29-16-17-30-18-19-31-20-21-32-22-23-34-24-5-3-4-7-33-24/h1,24H,3-23H2. The van der Waals surface area contributed by atoms with Gasteiger partial charge in [0.2, 0.25) is 0 Å². The third kappa shape index (κ3) is 22.9. The molecule has 1 fully saturated rings. The molecule has 1 heterocycles. The van der Waals surface area contributed by atoms with Crippen LogP contribution < -0.4 is 0 Å². The van der Waals surface area contributed by atoms with E-state index in [0.717, 1.165) is 19.4 Å². The Morgan fingerprint density at radius 1 is 0.529 bits per heavy atom. The Labute approximate surface area is 204 Å². The third-order valence-corrected chi connectivity index (χ3v) is 4.46. The van der Waals surface area contributed by atoms with Crippen molar-refractivity contribution in [3.8, 4) is 12.3 Å². The SMILES string of the molecule is C#CCOCCOCCOCCOCCOCCOCCOCCOCCOC1CCCCO1. The molecule has 34 heavy (non-hydrogen) atoms. The summed E-state index contributed by atoms with van der Waals surface area (Å²) in [7, 11) is 0. The van der Waals surface area contributed by atoms with Crippen molar-refractivity contribution in [3.05, 3.63) is 0 Å². The Bertz CT molecular complexity index is 440. The van der Waals surface area contributed by atoms with E-state index in [0.29, 0.717) is 112 Å². The maximum atomic E-state index is 5.59. The minimum absolute atomic E-state index is 0.0602. The second-order valence-corrected chi connectivity index (χ2v) is 7.21. The van der Waals surface area contributed by atoms with Crippen molar-refractivity contribution in [2.45, 2.75) is 25.6 Å². The summed E-state index contributed by atoms with van der Waals surface area (Å²) in [6.07, 6.45) is 8.28. The van der Waals surface area contributed by atoms with Crippen LogP contribution in [0, 0.1) is 12.3 Å². The third-order valence-electron chi connectivity index (χ3n) is 4.46. The van der Waals surface area contributed by atoms with Gasteiger partial charge in [0.1, 0.15) is 6.61 Å². The van der Waals surface area contributed by atoms with Crippen LogP contribution in [-0.4, -0.2) is 125 Å². The first-order valence-corrected chi connectivity index (χ1v) is 12.2. The van der Waals surface area contributed by atoms with Crippen molar-refractivity contribution >= 4 is 0 Å². The summed E-state index contributed by atoms with van der Waals surface area (Å²) in [4.78, 5) is 0. The fourth-order valence-corrected chi connectivity index (χ4v) is 2.75. The van der Waals surface area contributed by atoms with Crippen LogP contribution in [0.5, 0.6) is 0 Å². The van der Waals surface area contributed by atoms with Crippen LogP contribution >= 0.6 is 0 Å². The molecule has 10 nitrogen and oxygen atoms in total. The first-order chi connectivity index (χ1) is 16.9. The van der Waals surface area contributed by atoms with Gasteiger partial charge in [-0.2, -0.15) is 0 Å². The van der Waals surface area contributed by atoms with Gasteiger partial charge < -0.3 is 47.4 Å². The molecule has 1 aliphatic heterocycles. The molecular weight excluding hydrogens is 448 g/mol. The summed E-state index contributed by atoms with van der Waals surface area (Å²) in [5.74, 6) is 2.40. The van der Waals surface area contributed by atoms with Gasteiger partial charge in [-0.1, -0.05) is 5.92 Å². The summed E-state index contributed by atoms with van der Waals surface area (Å²) in [5, 5.41) is 0. The van der Waals surface area contributed by atoms with Crippen LogP contribution in [0.25, 0.3) is 0 Å². The van der Waals surface area contributed by atoms with Crippen molar-refractivity contribution in [1.82, 2.24) is 0 Å². The zero-order valence-corrected chi connectivity index (χ0v) is 20.6. The van der Waals surface area contributed by atoms with E-state index in [1.807, 2.05) is 0 Å². The first-order valence-electron chi connectivity index (χ1n) is 12.2. The lowest BCUT2D eigenvalue weighted by molar-refractivity contribution is -0.169. The Hall–Kier alpha value is -0.840. The van der Waals surface area contributed by atoms with Crippen molar-refractivity contribution in [2.24, 2.45) is 0 Å². The summed E-state index contributed by atoms with van der Waals surface area (Å²) in [6.45, 7) is 9.53. The van der Waals surface area contributed by atoms with Crippen molar-refractivity contribution in [2.75, 3.05) is 119 Å². The molecule has 0 aromatic heterocycles. The van der Waals surface area contributed by atoms with Crippen LogP contribution in [0.3, 0.4) is 0 Å². The molecule has 0 radical (unpaired) electrons. The molecule has 200 valence electrons. The van der Waals surface area contributed by atoms with Crippen LogP contribution in [0.15, 0.2) is 0 Å². The van der Waals surface area contributed by atoms with Crippen LogP contribution in [0.2, 0.25) is 0 Å². The highest BCUT2D eigenvalue weighted by Crippen LogP contribution is 2.13. The van der Waals surface area contributed by atoms with E-state index < -0.39 is 0 Å². The van der Waals surface area contributed by atoms with Crippen LogP contribution in [0.4, 0.5) is 0 Å². The fourth-order valence-electron chi connectivity index (χ4n) is 2.75. The highest BCUT2D eigenvalue weighted by molar-refractivity contribution is 4.82. The lowest BCUT2D eigenvalue weighted by Crippen LogP contribution is -2.24. The molecule has 0 saturated carbocycles.